The molecule has 2 amide bonds. The molecule has 0 saturated carbocycles. The van der Waals surface area contributed by atoms with Crippen molar-refractivity contribution in [3.63, 3.8) is 0 Å². The second-order valence-electron chi connectivity index (χ2n) is 6.80. The Bertz CT molecular complexity index is 1080. The van der Waals surface area contributed by atoms with Gasteiger partial charge in [0.2, 0.25) is 5.91 Å². The summed E-state index contributed by atoms with van der Waals surface area (Å²) < 4.78 is 15.2. The number of carbonyl (C=O) groups is 2. The summed E-state index contributed by atoms with van der Waals surface area (Å²) in [5.41, 5.74) is 0.250. The zero-order valence-corrected chi connectivity index (χ0v) is 16.9. The zero-order valence-electron chi connectivity index (χ0n) is 16.1. The van der Waals surface area contributed by atoms with Crippen LogP contribution in [0.4, 0.5) is 4.39 Å². The van der Waals surface area contributed by atoms with Crippen LogP contribution in [-0.4, -0.2) is 44.6 Å². The molecule has 7 nitrogen and oxygen atoms in total. The fourth-order valence-corrected chi connectivity index (χ4v) is 3.89. The van der Waals surface area contributed by atoms with E-state index in [2.05, 4.69) is 15.5 Å². The van der Waals surface area contributed by atoms with Crippen LogP contribution in [0.15, 0.2) is 47.9 Å². The summed E-state index contributed by atoms with van der Waals surface area (Å²) in [4.78, 5) is 27.6. The second-order valence-corrected chi connectivity index (χ2v) is 7.78. The largest absolute Gasteiger partial charge is 0.345 e. The molecule has 0 atom stereocenters. The molecule has 1 N–H and O–H groups in total. The van der Waals surface area contributed by atoms with Gasteiger partial charge in [-0.05, 0) is 35.7 Å². The molecule has 1 aliphatic heterocycles. The van der Waals surface area contributed by atoms with E-state index in [4.69, 9.17) is 0 Å². The number of rotatable bonds is 5. The van der Waals surface area contributed by atoms with Crippen molar-refractivity contribution in [1.82, 2.24) is 25.0 Å². The molecule has 0 radical (unpaired) electrons. The number of nitrogens with zero attached hydrogens (tertiary/aromatic N) is 4. The van der Waals surface area contributed by atoms with Gasteiger partial charge in [0.1, 0.15) is 11.6 Å². The van der Waals surface area contributed by atoms with E-state index < -0.39 is 5.82 Å². The van der Waals surface area contributed by atoms with Crippen LogP contribution >= 0.6 is 11.3 Å². The van der Waals surface area contributed by atoms with Crippen molar-refractivity contribution < 1.29 is 14.0 Å². The SMILES string of the molecule is O=C(NCc1nnc2n1CCN(C(=O)C=Cc1cccs1)CC2)c1cccc(F)c1. The van der Waals surface area contributed by atoms with Gasteiger partial charge in [-0.2, -0.15) is 0 Å². The van der Waals surface area contributed by atoms with Gasteiger partial charge in [-0.15, -0.1) is 21.5 Å². The normalized spacial score (nSPS) is 13.8. The Kier molecular flexibility index (Phi) is 5.99. The number of aromatic nitrogens is 3. The summed E-state index contributed by atoms with van der Waals surface area (Å²) in [7, 11) is 0. The number of halogens is 1. The van der Waals surface area contributed by atoms with E-state index >= 15 is 0 Å². The predicted molar refractivity (Wildman–Crippen MR) is 111 cm³/mol. The monoisotopic (exact) mass is 425 g/mol. The van der Waals surface area contributed by atoms with Crippen molar-refractivity contribution >= 4 is 29.2 Å². The predicted octanol–water partition coefficient (Wildman–Crippen LogP) is 2.51. The average Bonchev–Trinajstić information content (AvgIpc) is 3.35. The summed E-state index contributed by atoms with van der Waals surface area (Å²) in [5.74, 6) is 0.511. The Labute approximate surface area is 176 Å². The highest BCUT2D eigenvalue weighted by Crippen LogP contribution is 2.13. The number of hydrogen-bond donors (Lipinski definition) is 1. The Morgan fingerprint density at radius 2 is 2.07 bits per heavy atom. The van der Waals surface area contributed by atoms with Crippen molar-refractivity contribution in [3.8, 4) is 0 Å². The van der Waals surface area contributed by atoms with E-state index in [9.17, 15) is 14.0 Å². The zero-order chi connectivity index (χ0) is 20.9. The maximum absolute atomic E-state index is 13.3. The summed E-state index contributed by atoms with van der Waals surface area (Å²) >= 11 is 1.58. The Morgan fingerprint density at radius 3 is 2.87 bits per heavy atom. The smallest absolute Gasteiger partial charge is 0.251 e. The van der Waals surface area contributed by atoms with Crippen LogP contribution in [-0.2, 0) is 24.3 Å². The quantitative estimate of drug-likeness (QED) is 0.637. The van der Waals surface area contributed by atoms with Gasteiger partial charge >= 0.3 is 0 Å². The molecule has 0 bridgehead atoms. The van der Waals surface area contributed by atoms with Gasteiger partial charge in [-0.25, -0.2) is 4.39 Å². The fraction of sp³-hybridized carbons (Fsp3) is 0.238. The maximum atomic E-state index is 13.3. The van der Waals surface area contributed by atoms with E-state index in [0.717, 1.165) is 10.7 Å². The molecule has 1 aromatic carbocycles. The van der Waals surface area contributed by atoms with Crippen molar-refractivity contribution in [1.29, 1.82) is 0 Å². The summed E-state index contributed by atoms with van der Waals surface area (Å²) in [6.07, 6.45) is 4.01. The van der Waals surface area contributed by atoms with Crippen LogP contribution in [0, 0.1) is 5.82 Å². The number of thiophene rings is 1. The third kappa shape index (κ3) is 4.62. The van der Waals surface area contributed by atoms with E-state index in [1.54, 1.807) is 28.4 Å². The molecule has 30 heavy (non-hydrogen) atoms. The lowest BCUT2D eigenvalue weighted by molar-refractivity contribution is -0.125. The van der Waals surface area contributed by atoms with E-state index in [0.29, 0.717) is 31.9 Å². The lowest BCUT2D eigenvalue weighted by Crippen LogP contribution is -2.32. The van der Waals surface area contributed by atoms with Crippen molar-refractivity contribution in [2.75, 3.05) is 13.1 Å². The summed E-state index contributed by atoms with van der Waals surface area (Å²) in [5, 5.41) is 13.1. The molecule has 3 aromatic rings. The lowest BCUT2D eigenvalue weighted by atomic mass is 10.2. The highest BCUT2D eigenvalue weighted by atomic mass is 32.1. The Balaban J connectivity index is 1.37. The minimum atomic E-state index is -0.461. The minimum absolute atomic E-state index is 0.0388. The molecular formula is C21H20FN5O2S. The average molecular weight is 425 g/mol. The van der Waals surface area contributed by atoms with Gasteiger partial charge in [0.25, 0.3) is 5.91 Å². The molecular weight excluding hydrogens is 405 g/mol. The molecule has 0 aliphatic carbocycles. The van der Waals surface area contributed by atoms with Crippen LogP contribution in [0.5, 0.6) is 0 Å². The molecule has 1 aliphatic rings. The Hall–Kier alpha value is -3.33. The first-order valence-corrected chi connectivity index (χ1v) is 10.4. The molecule has 0 spiro atoms. The number of carbonyl (C=O) groups excluding carboxylic acids is 2. The molecule has 0 fully saturated rings. The van der Waals surface area contributed by atoms with Crippen molar-refractivity contribution in [2.45, 2.75) is 19.5 Å². The topological polar surface area (TPSA) is 80.1 Å². The standard InChI is InChI=1S/C21H20FN5O2S/c22-16-4-1-3-15(13-16)21(29)23-14-19-25-24-18-8-9-26(10-11-27(18)19)20(28)7-6-17-5-2-12-30-17/h1-7,12-13H,8-11,14H2,(H,23,29). The minimum Gasteiger partial charge on any atom is -0.345 e. The van der Waals surface area contributed by atoms with E-state index in [1.807, 2.05) is 28.2 Å². The summed E-state index contributed by atoms with van der Waals surface area (Å²) in [6, 6.07) is 9.43. The number of amides is 2. The lowest BCUT2D eigenvalue weighted by Gasteiger charge is -2.18. The van der Waals surface area contributed by atoms with Crippen molar-refractivity contribution in [2.24, 2.45) is 0 Å². The fourth-order valence-electron chi connectivity index (χ4n) is 3.27. The van der Waals surface area contributed by atoms with Crippen LogP contribution in [0.25, 0.3) is 6.08 Å². The number of benzene rings is 1. The van der Waals surface area contributed by atoms with Crippen molar-refractivity contribution in [3.05, 3.63) is 75.8 Å². The van der Waals surface area contributed by atoms with Gasteiger partial charge in [0.15, 0.2) is 5.82 Å². The highest BCUT2D eigenvalue weighted by molar-refractivity contribution is 7.10. The molecule has 3 heterocycles. The van der Waals surface area contributed by atoms with Crippen LogP contribution in [0.2, 0.25) is 0 Å². The van der Waals surface area contributed by atoms with Crippen LogP contribution in [0.1, 0.15) is 26.9 Å². The molecule has 0 saturated heterocycles. The number of fused-ring (bicyclic) bond motifs is 1. The molecule has 2 aromatic heterocycles. The summed E-state index contributed by atoms with van der Waals surface area (Å²) in [6.45, 7) is 1.81. The first kappa shape index (κ1) is 20.0. The third-order valence-corrected chi connectivity index (χ3v) is 5.68. The van der Waals surface area contributed by atoms with E-state index in [1.165, 1.54) is 18.2 Å². The second kappa shape index (κ2) is 9.00. The molecule has 154 valence electrons. The molecule has 0 unspecified atom stereocenters. The van der Waals surface area contributed by atoms with Gasteiger partial charge in [-0.3, -0.25) is 9.59 Å². The molecule has 9 heteroatoms. The maximum Gasteiger partial charge on any atom is 0.251 e. The number of hydrogen-bond acceptors (Lipinski definition) is 5. The van der Waals surface area contributed by atoms with Gasteiger partial charge in [-0.1, -0.05) is 12.1 Å². The third-order valence-electron chi connectivity index (χ3n) is 4.84. The van der Waals surface area contributed by atoms with Crippen LogP contribution in [0.3, 0.4) is 0 Å². The Morgan fingerprint density at radius 1 is 1.17 bits per heavy atom. The van der Waals surface area contributed by atoms with Gasteiger partial charge < -0.3 is 14.8 Å². The number of nitrogens with one attached hydrogen (secondary N) is 1. The van der Waals surface area contributed by atoms with Gasteiger partial charge in [0.05, 0.1) is 6.54 Å². The molecule has 4 rings (SSSR count). The highest BCUT2D eigenvalue weighted by Gasteiger charge is 2.21. The first-order chi connectivity index (χ1) is 14.6. The first-order valence-electron chi connectivity index (χ1n) is 9.55. The van der Waals surface area contributed by atoms with Crippen LogP contribution < -0.4 is 5.32 Å². The van der Waals surface area contributed by atoms with E-state index in [-0.39, 0.29) is 23.9 Å². The van der Waals surface area contributed by atoms with Gasteiger partial charge in [0, 0.05) is 42.6 Å².